The second-order valence-electron chi connectivity index (χ2n) is 6.56. The molecule has 0 aliphatic heterocycles. The first-order chi connectivity index (χ1) is 12.8. The van der Waals surface area contributed by atoms with Crippen molar-refractivity contribution in [3.8, 4) is 0 Å². The van der Waals surface area contributed by atoms with Crippen molar-refractivity contribution in [3.63, 3.8) is 0 Å². The van der Waals surface area contributed by atoms with Gasteiger partial charge in [0.1, 0.15) is 6.04 Å². The van der Waals surface area contributed by atoms with Crippen molar-refractivity contribution in [1.82, 2.24) is 20.1 Å². The topological polar surface area (TPSA) is 107 Å². The fraction of sp³-hybridized carbons (Fsp3) is 0.444. The summed E-state index contributed by atoms with van der Waals surface area (Å²) in [6, 6.07) is 9.37. The molecule has 4 N–H and O–H groups in total. The summed E-state index contributed by atoms with van der Waals surface area (Å²) in [5.41, 5.74) is 6.16. The van der Waals surface area contributed by atoms with Crippen LogP contribution < -0.4 is 16.0 Å². The molecule has 0 saturated heterocycles. The van der Waals surface area contributed by atoms with Gasteiger partial charge in [-0.05, 0) is 12.5 Å². The number of hydrogen-bond acceptors (Lipinski definition) is 5. The Hall–Kier alpha value is -2.39. The molecule has 3 amide bonds. The van der Waals surface area contributed by atoms with Crippen molar-refractivity contribution in [3.05, 3.63) is 41.7 Å². The number of hydrogen-bond donors (Lipinski definition) is 3. The average molecular weight is 392 g/mol. The van der Waals surface area contributed by atoms with Gasteiger partial charge in [0.2, 0.25) is 5.91 Å². The highest BCUT2D eigenvalue weighted by Crippen LogP contribution is 2.25. The van der Waals surface area contributed by atoms with E-state index in [4.69, 9.17) is 5.73 Å². The van der Waals surface area contributed by atoms with E-state index in [1.165, 1.54) is 16.7 Å². The van der Waals surface area contributed by atoms with E-state index in [0.717, 1.165) is 17.8 Å². The summed E-state index contributed by atoms with van der Waals surface area (Å²) in [5, 5.41) is 11.0. The smallest absolute Gasteiger partial charge is 0.318 e. The maximum Gasteiger partial charge on any atom is 0.318 e. The fourth-order valence-electron chi connectivity index (χ4n) is 2.84. The summed E-state index contributed by atoms with van der Waals surface area (Å²) >= 11 is 1.26. The Labute approximate surface area is 163 Å². The molecule has 27 heavy (non-hydrogen) atoms. The second kappa shape index (κ2) is 9.52. The lowest BCUT2D eigenvalue weighted by atomic mass is 10.2. The van der Waals surface area contributed by atoms with Crippen LogP contribution in [0.3, 0.4) is 0 Å². The molecular weight excluding hydrogens is 364 g/mol. The van der Waals surface area contributed by atoms with Crippen LogP contribution in [0.1, 0.15) is 37.7 Å². The number of benzene rings is 1. The van der Waals surface area contributed by atoms with Gasteiger partial charge in [0, 0.05) is 6.42 Å². The van der Waals surface area contributed by atoms with Crippen LogP contribution in [0.5, 0.6) is 0 Å². The fourth-order valence-corrected chi connectivity index (χ4v) is 3.70. The molecule has 0 unspecified atom stereocenters. The Bertz CT molecular complexity index is 777. The van der Waals surface area contributed by atoms with Crippen LogP contribution in [0.25, 0.3) is 0 Å². The third kappa shape index (κ3) is 5.54. The third-order valence-electron chi connectivity index (χ3n) is 4.24. The van der Waals surface area contributed by atoms with Crippen molar-refractivity contribution in [2.75, 3.05) is 14.1 Å². The molecule has 0 saturated carbocycles. The van der Waals surface area contributed by atoms with E-state index < -0.39 is 17.2 Å². The lowest BCUT2D eigenvalue weighted by Gasteiger charge is -2.21. The van der Waals surface area contributed by atoms with Crippen LogP contribution in [0.15, 0.2) is 35.5 Å². The molecule has 0 bridgehead atoms. The quantitative estimate of drug-likeness (QED) is 0.571. The number of carbonyl (C=O) groups excluding carboxylic acids is 2. The standard InChI is InChI=1S/C18H26N6O2S/c1-5-14(23(3)4)15-21-22-18(27-12(2)16(25)20-17(19)26)24(15)11-13-9-7-6-8-10-13/h6-10,12,14H,5,11H2,1-4H3,(H3,19,20,25,26)/p+1/t12-,14+/m0/s1. The molecular formula is C18H27N6O2S+. The van der Waals surface area contributed by atoms with E-state index in [2.05, 4.69) is 41.1 Å². The normalized spacial score (nSPS) is 13.4. The molecule has 0 aliphatic carbocycles. The van der Waals surface area contributed by atoms with Crippen LogP contribution in [-0.4, -0.2) is 46.0 Å². The van der Waals surface area contributed by atoms with Gasteiger partial charge in [-0.25, -0.2) is 4.79 Å². The van der Waals surface area contributed by atoms with Gasteiger partial charge in [0.15, 0.2) is 11.0 Å². The third-order valence-corrected chi connectivity index (χ3v) is 5.32. The summed E-state index contributed by atoms with van der Waals surface area (Å²) in [4.78, 5) is 24.2. The Morgan fingerprint density at radius 2 is 1.93 bits per heavy atom. The predicted molar refractivity (Wildman–Crippen MR) is 104 cm³/mol. The van der Waals surface area contributed by atoms with E-state index >= 15 is 0 Å². The zero-order valence-corrected chi connectivity index (χ0v) is 16.9. The van der Waals surface area contributed by atoms with Crippen LogP contribution in [0.4, 0.5) is 4.79 Å². The molecule has 0 radical (unpaired) electrons. The Morgan fingerprint density at radius 1 is 1.26 bits per heavy atom. The van der Waals surface area contributed by atoms with Crippen LogP contribution >= 0.6 is 11.8 Å². The second-order valence-corrected chi connectivity index (χ2v) is 7.87. The van der Waals surface area contributed by atoms with Crippen molar-refractivity contribution in [2.45, 2.75) is 43.3 Å². The minimum Gasteiger partial charge on any atom is -0.351 e. The molecule has 0 fully saturated rings. The summed E-state index contributed by atoms with van der Waals surface area (Å²) in [7, 11) is 4.18. The lowest BCUT2D eigenvalue weighted by Crippen LogP contribution is -3.06. The Kier molecular flexibility index (Phi) is 7.37. The van der Waals surface area contributed by atoms with Gasteiger partial charge in [-0.1, -0.05) is 49.0 Å². The zero-order valence-electron chi connectivity index (χ0n) is 16.1. The first kappa shape index (κ1) is 20.9. The van der Waals surface area contributed by atoms with Gasteiger partial charge >= 0.3 is 6.03 Å². The number of carbonyl (C=O) groups is 2. The molecule has 2 atom stereocenters. The number of imide groups is 1. The molecule has 146 valence electrons. The first-order valence-corrected chi connectivity index (χ1v) is 9.75. The summed E-state index contributed by atoms with van der Waals surface area (Å²) in [5.74, 6) is 0.431. The summed E-state index contributed by atoms with van der Waals surface area (Å²) in [6.45, 7) is 4.44. The maximum absolute atomic E-state index is 12.0. The van der Waals surface area contributed by atoms with Crippen LogP contribution in [0, 0.1) is 0 Å². The minimum absolute atomic E-state index is 0.185. The number of aromatic nitrogens is 3. The van der Waals surface area contributed by atoms with E-state index in [1.54, 1.807) is 6.92 Å². The van der Waals surface area contributed by atoms with Gasteiger partial charge in [0.25, 0.3) is 0 Å². The van der Waals surface area contributed by atoms with Gasteiger partial charge in [-0.15, -0.1) is 10.2 Å². The van der Waals surface area contributed by atoms with Gasteiger partial charge in [0.05, 0.1) is 25.9 Å². The number of nitrogens with two attached hydrogens (primary N) is 1. The van der Waals surface area contributed by atoms with E-state index in [1.807, 2.05) is 30.3 Å². The van der Waals surface area contributed by atoms with Gasteiger partial charge in [-0.2, -0.15) is 0 Å². The molecule has 1 aromatic carbocycles. The molecule has 0 aliphatic rings. The van der Waals surface area contributed by atoms with Crippen molar-refractivity contribution in [2.24, 2.45) is 5.73 Å². The minimum atomic E-state index is -0.860. The van der Waals surface area contributed by atoms with E-state index in [-0.39, 0.29) is 6.04 Å². The zero-order chi connectivity index (χ0) is 20.0. The van der Waals surface area contributed by atoms with Crippen LogP contribution in [0.2, 0.25) is 0 Å². The predicted octanol–water partition coefficient (Wildman–Crippen LogP) is 0.598. The molecule has 2 aromatic rings. The monoisotopic (exact) mass is 391 g/mol. The van der Waals surface area contributed by atoms with Gasteiger partial charge < -0.3 is 10.6 Å². The molecule has 0 spiro atoms. The number of nitrogens with one attached hydrogen (secondary N) is 2. The maximum atomic E-state index is 12.0. The SMILES string of the molecule is CC[C@H](c1nnc(S[C@@H](C)C(=O)NC(N)=O)n1Cc1ccccc1)[NH+](C)C. The molecule has 8 nitrogen and oxygen atoms in total. The first-order valence-electron chi connectivity index (χ1n) is 8.87. The Morgan fingerprint density at radius 3 is 2.48 bits per heavy atom. The number of primary amides is 1. The molecule has 9 heteroatoms. The van der Waals surface area contributed by atoms with Crippen molar-refractivity contribution >= 4 is 23.7 Å². The largest absolute Gasteiger partial charge is 0.351 e. The summed E-state index contributed by atoms with van der Waals surface area (Å²) in [6.07, 6.45) is 0.914. The molecule has 2 rings (SSSR count). The average Bonchev–Trinajstić information content (AvgIpc) is 2.98. The number of urea groups is 1. The highest BCUT2D eigenvalue weighted by molar-refractivity contribution is 8.00. The van der Waals surface area contributed by atoms with Crippen molar-refractivity contribution < 1.29 is 14.5 Å². The number of rotatable bonds is 8. The number of nitrogens with zero attached hydrogens (tertiary/aromatic N) is 3. The van der Waals surface area contributed by atoms with Gasteiger partial charge in [-0.3, -0.25) is 14.7 Å². The highest BCUT2D eigenvalue weighted by atomic mass is 32.2. The number of amides is 3. The molecule has 1 aromatic heterocycles. The van der Waals surface area contributed by atoms with E-state index in [0.29, 0.717) is 11.7 Å². The molecule has 1 heterocycles. The highest BCUT2D eigenvalue weighted by Gasteiger charge is 2.27. The Balaban J connectivity index is 2.34. The lowest BCUT2D eigenvalue weighted by molar-refractivity contribution is -0.893. The van der Waals surface area contributed by atoms with Crippen molar-refractivity contribution in [1.29, 1.82) is 0 Å². The van der Waals surface area contributed by atoms with E-state index in [9.17, 15) is 9.59 Å². The number of thioether (sulfide) groups is 1. The van der Waals surface area contributed by atoms with Crippen LogP contribution in [-0.2, 0) is 11.3 Å². The summed E-state index contributed by atoms with van der Waals surface area (Å²) < 4.78 is 2.05. The number of quaternary nitrogens is 1.